The smallest absolute Gasteiger partial charge is 0.185 e. The molecule has 0 bridgehead atoms. The van der Waals surface area contributed by atoms with Crippen molar-refractivity contribution in [1.29, 1.82) is 0 Å². The van der Waals surface area contributed by atoms with E-state index in [1.54, 1.807) is 30.4 Å². The number of hydrogen-bond donors (Lipinski definition) is 0. The summed E-state index contributed by atoms with van der Waals surface area (Å²) in [5, 5.41) is 0. The summed E-state index contributed by atoms with van der Waals surface area (Å²) in [6.45, 7) is 4.07. The van der Waals surface area contributed by atoms with E-state index in [4.69, 9.17) is 4.74 Å². The number of rotatable bonds is 6. The molecule has 0 fully saturated rings. The fourth-order valence-corrected chi connectivity index (χ4v) is 2.01. The molecule has 0 amide bonds. The normalized spacial score (nSPS) is 10.5. The van der Waals surface area contributed by atoms with Crippen LogP contribution < -0.4 is 4.74 Å². The predicted molar refractivity (Wildman–Crippen MR) is 89.6 cm³/mol. The Morgan fingerprint density at radius 1 is 1.19 bits per heavy atom. The Labute approximate surface area is 132 Å². The first kappa shape index (κ1) is 15.3. The molecule has 2 aromatic carbocycles. The highest BCUT2D eigenvalue weighted by Crippen LogP contribution is 2.15. The van der Waals surface area contributed by atoms with Gasteiger partial charge in [-0.3, -0.25) is 4.79 Å². The number of ketones is 1. The van der Waals surface area contributed by atoms with Gasteiger partial charge in [-0.1, -0.05) is 46.8 Å². The third-order valence-electron chi connectivity index (χ3n) is 2.78. The Bertz CT molecular complexity index is 657. The zero-order chi connectivity index (χ0) is 15.1. The van der Waals surface area contributed by atoms with Gasteiger partial charge in [0.15, 0.2) is 5.78 Å². The van der Waals surface area contributed by atoms with E-state index in [0.29, 0.717) is 12.2 Å². The maximum Gasteiger partial charge on any atom is 0.185 e. The number of ether oxygens (including phenoxy) is 1. The molecule has 0 spiro atoms. The van der Waals surface area contributed by atoms with E-state index in [9.17, 15) is 4.79 Å². The van der Waals surface area contributed by atoms with Gasteiger partial charge in [-0.15, -0.1) is 0 Å². The zero-order valence-corrected chi connectivity index (χ0v) is 13.0. The lowest BCUT2D eigenvalue weighted by Crippen LogP contribution is -1.94. The van der Waals surface area contributed by atoms with E-state index in [1.165, 1.54) is 0 Å². The van der Waals surface area contributed by atoms with E-state index < -0.39 is 0 Å². The quantitative estimate of drug-likeness (QED) is 0.423. The number of halogens is 1. The maximum atomic E-state index is 12.0. The molecule has 0 N–H and O–H groups in total. The molecule has 0 aliphatic heterocycles. The van der Waals surface area contributed by atoms with Crippen LogP contribution in [-0.4, -0.2) is 12.4 Å². The Kier molecular flexibility index (Phi) is 5.52. The molecular weight excluding hydrogens is 328 g/mol. The number of carbonyl (C=O) groups is 1. The van der Waals surface area contributed by atoms with Gasteiger partial charge >= 0.3 is 0 Å². The first-order valence-electron chi connectivity index (χ1n) is 6.51. The molecule has 0 aliphatic carbocycles. The molecule has 2 nitrogen and oxygen atoms in total. The number of carbonyl (C=O) groups excluding carboxylic acids is 1. The highest BCUT2D eigenvalue weighted by atomic mass is 79.9. The largest absolute Gasteiger partial charge is 0.490 e. The van der Waals surface area contributed by atoms with E-state index >= 15 is 0 Å². The fourth-order valence-electron chi connectivity index (χ4n) is 1.75. The lowest BCUT2D eigenvalue weighted by Gasteiger charge is -2.03. The molecule has 0 heterocycles. The summed E-state index contributed by atoms with van der Waals surface area (Å²) in [4.78, 5) is 12.0. The molecule has 21 heavy (non-hydrogen) atoms. The molecule has 0 radical (unpaired) electrons. The van der Waals surface area contributed by atoms with Crippen molar-refractivity contribution in [3.8, 4) is 5.75 Å². The molecule has 0 unspecified atom stereocenters. The fraction of sp³-hybridized carbons (Fsp3) is 0.0556. The van der Waals surface area contributed by atoms with Crippen LogP contribution in [0.5, 0.6) is 5.75 Å². The third-order valence-corrected chi connectivity index (χ3v) is 3.31. The van der Waals surface area contributed by atoms with Gasteiger partial charge in [0.1, 0.15) is 12.4 Å². The highest BCUT2D eigenvalue weighted by Gasteiger charge is 2.01. The summed E-state index contributed by atoms with van der Waals surface area (Å²) >= 11 is 3.35. The van der Waals surface area contributed by atoms with Gasteiger partial charge in [-0.25, -0.2) is 0 Å². The molecule has 0 aromatic heterocycles. The SMILES string of the molecule is C=CCOc1cccc(/C=C/C(=O)c2ccc(Br)cc2)c1. The van der Waals surface area contributed by atoms with Gasteiger partial charge in [0.2, 0.25) is 0 Å². The standard InChI is InChI=1S/C18H15BrO2/c1-2-12-21-17-5-3-4-14(13-17)6-11-18(20)15-7-9-16(19)10-8-15/h2-11,13H,1,12H2/b11-6+. The lowest BCUT2D eigenvalue weighted by molar-refractivity contribution is 0.104. The van der Waals surface area contributed by atoms with Crippen LogP contribution in [0.4, 0.5) is 0 Å². The van der Waals surface area contributed by atoms with Crippen molar-refractivity contribution < 1.29 is 9.53 Å². The molecular formula is C18H15BrO2. The Balaban J connectivity index is 2.08. The van der Waals surface area contributed by atoms with E-state index in [-0.39, 0.29) is 5.78 Å². The van der Waals surface area contributed by atoms with Gasteiger partial charge < -0.3 is 4.74 Å². The summed E-state index contributed by atoms with van der Waals surface area (Å²) in [5.41, 5.74) is 1.58. The minimum atomic E-state index is -0.0279. The van der Waals surface area contributed by atoms with E-state index in [1.807, 2.05) is 36.4 Å². The van der Waals surface area contributed by atoms with Crippen LogP contribution in [-0.2, 0) is 0 Å². The Morgan fingerprint density at radius 3 is 2.67 bits per heavy atom. The van der Waals surface area contributed by atoms with E-state index in [0.717, 1.165) is 15.8 Å². The summed E-state index contributed by atoms with van der Waals surface area (Å²) < 4.78 is 6.41. The van der Waals surface area contributed by atoms with Crippen LogP contribution in [0.3, 0.4) is 0 Å². The first-order chi connectivity index (χ1) is 10.2. The monoisotopic (exact) mass is 342 g/mol. The summed E-state index contributed by atoms with van der Waals surface area (Å²) in [5.74, 6) is 0.730. The molecule has 0 atom stereocenters. The topological polar surface area (TPSA) is 26.3 Å². The average Bonchev–Trinajstić information content (AvgIpc) is 2.52. The second kappa shape index (κ2) is 7.60. The zero-order valence-electron chi connectivity index (χ0n) is 11.5. The van der Waals surface area contributed by atoms with Crippen LogP contribution in [0.15, 0.2) is 71.7 Å². The predicted octanol–water partition coefficient (Wildman–Crippen LogP) is 4.91. The number of benzene rings is 2. The lowest BCUT2D eigenvalue weighted by atomic mass is 10.1. The third kappa shape index (κ3) is 4.72. The van der Waals surface area contributed by atoms with Gasteiger partial charge in [0, 0.05) is 10.0 Å². The molecule has 3 heteroatoms. The van der Waals surface area contributed by atoms with Crippen molar-refractivity contribution in [2.75, 3.05) is 6.61 Å². The molecule has 2 rings (SSSR count). The summed E-state index contributed by atoms with van der Waals surface area (Å²) in [7, 11) is 0. The van der Waals surface area contributed by atoms with Crippen LogP contribution >= 0.6 is 15.9 Å². The number of hydrogen-bond acceptors (Lipinski definition) is 2. The first-order valence-corrected chi connectivity index (χ1v) is 7.30. The molecule has 0 saturated carbocycles. The molecule has 0 saturated heterocycles. The summed E-state index contributed by atoms with van der Waals surface area (Å²) in [6, 6.07) is 14.9. The Morgan fingerprint density at radius 2 is 1.95 bits per heavy atom. The van der Waals surface area contributed by atoms with Gasteiger partial charge in [-0.2, -0.15) is 0 Å². The molecule has 106 valence electrons. The molecule has 0 aliphatic rings. The van der Waals surface area contributed by atoms with Gasteiger partial charge in [0.25, 0.3) is 0 Å². The van der Waals surface area contributed by atoms with Crippen molar-refractivity contribution in [2.45, 2.75) is 0 Å². The van der Waals surface area contributed by atoms with Crippen molar-refractivity contribution >= 4 is 27.8 Å². The summed E-state index contributed by atoms with van der Waals surface area (Å²) in [6.07, 6.45) is 5.04. The van der Waals surface area contributed by atoms with Crippen molar-refractivity contribution in [3.63, 3.8) is 0 Å². The molecule has 2 aromatic rings. The average molecular weight is 343 g/mol. The van der Waals surface area contributed by atoms with Crippen LogP contribution in [0.2, 0.25) is 0 Å². The number of allylic oxidation sites excluding steroid dienone is 1. The van der Waals surface area contributed by atoms with Gasteiger partial charge in [-0.05, 0) is 48.0 Å². The van der Waals surface area contributed by atoms with Crippen molar-refractivity contribution in [3.05, 3.63) is 82.9 Å². The maximum absolute atomic E-state index is 12.0. The van der Waals surface area contributed by atoms with Crippen LogP contribution in [0, 0.1) is 0 Å². The van der Waals surface area contributed by atoms with Crippen molar-refractivity contribution in [1.82, 2.24) is 0 Å². The minimum absolute atomic E-state index is 0.0279. The second-order valence-electron chi connectivity index (χ2n) is 4.38. The Hall–Kier alpha value is -2.13. The second-order valence-corrected chi connectivity index (χ2v) is 5.29. The minimum Gasteiger partial charge on any atom is -0.490 e. The van der Waals surface area contributed by atoms with Crippen LogP contribution in [0.25, 0.3) is 6.08 Å². The van der Waals surface area contributed by atoms with E-state index in [2.05, 4.69) is 22.5 Å². The van der Waals surface area contributed by atoms with Crippen LogP contribution in [0.1, 0.15) is 15.9 Å². The van der Waals surface area contributed by atoms with Crippen molar-refractivity contribution in [2.24, 2.45) is 0 Å². The van der Waals surface area contributed by atoms with Gasteiger partial charge in [0.05, 0.1) is 0 Å². The highest BCUT2D eigenvalue weighted by molar-refractivity contribution is 9.10.